The molecule has 1 aliphatic heterocycles. The minimum Gasteiger partial charge on any atom is -0.338 e. The number of rotatable bonds is 4. The SMILES string of the molecule is CN1C(=O)C=C[C@]2(C)[C@H]3CC[C@]4(C)[C@@H](CCc5ccc(S(C)=O)cc5)CC[C@H]4[C@@H]3CC[C@@H]12. The molecule has 0 aromatic heterocycles. The van der Waals surface area contributed by atoms with Crippen molar-refractivity contribution >= 4 is 16.7 Å². The summed E-state index contributed by atoms with van der Waals surface area (Å²) in [6.45, 7) is 5.05. The van der Waals surface area contributed by atoms with Crippen molar-refractivity contribution in [3.63, 3.8) is 0 Å². The summed E-state index contributed by atoms with van der Waals surface area (Å²) in [4.78, 5) is 15.2. The molecule has 4 heteroatoms. The van der Waals surface area contributed by atoms with Gasteiger partial charge in [-0.25, -0.2) is 0 Å². The van der Waals surface area contributed by atoms with Crippen LogP contribution in [0.25, 0.3) is 0 Å². The zero-order chi connectivity index (χ0) is 22.7. The van der Waals surface area contributed by atoms with Gasteiger partial charge in [-0.2, -0.15) is 0 Å². The smallest absolute Gasteiger partial charge is 0.246 e. The standard InChI is InChI=1S/C28H39NO2S/c1-27-17-15-24-22(12-14-25-28(24,2)18-16-26(30)29(25)3)23(27)13-9-20(27)8-5-19-6-10-21(11-7-19)32(4)31/h6-7,10-11,16,18,20,22-25H,5,8-9,12-15,17H2,1-4H3/t20-,22-,23-,24-,25+,27+,28+,32?/m0/s1. The van der Waals surface area contributed by atoms with Gasteiger partial charge >= 0.3 is 0 Å². The molecule has 1 aromatic rings. The van der Waals surface area contributed by atoms with Crippen LogP contribution in [0.4, 0.5) is 0 Å². The van der Waals surface area contributed by atoms with Crippen LogP contribution in [-0.4, -0.2) is 34.4 Å². The number of fused-ring (bicyclic) bond motifs is 5. The van der Waals surface area contributed by atoms with Crippen LogP contribution in [0.3, 0.4) is 0 Å². The first kappa shape index (κ1) is 22.4. The van der Waals surface area contributed by atoms with E-state index in [0.717, 1.165) is 35.5 Å². The Bertz CT molecular complexity index is 939. The van der Waals surface area contributed by atoms with E-state index in [4.69, 9.17) is 0 Å². The number of carbonyl (C=O) groups is 1. The van der Waals surface area contributed by atoms with Gasteiger partial charge in [0.05, 0.1) is 0 Å². The van der Waals surface area contributed by atoms with Gasteiger partial charge in [0.2, 0.25) is 5.91 Å². The van der Waals surface area contributed by atoms with E-state index >= 15 is 0 Å². The normalized spacial score (nSPS) is 41.7. The molecule has 0 bridgehead atoms. The Hall–Kier alpha value is -1.42. The molecular formula is C28H39NO2S. The molecule has 3 nitrogen and oxygen atoms in total. The van der Waals surface area contributed by atoms with Crippen LogP contribution in [0.2, 0.25) is 0 Å². The maximum Gasteiger partial charge on any atom is 0.246 e. The van der Waals surface area contributed by atoms with Crippen molar-refractivity contribution in [2.45, 2.75) is 76.2 Å². The quantitative estimate of drug-likeness (QED) is 0.594. The number of hydrogen-bond donors (Lipinski definition) is 0. The second kappa shape index (κ2) is 8.11. The Morgan fingerprint density at radius 3 is 2.50 bits per heavy atom. The van der Waals surface area contributed by atoms with E-state index in [1.807, 2.05) is 30.2 Å². The van der Waals surface area contributed by atoms with Gasteiger partial charge in [0.25, 0.3) is 0 Å². The molecule has 32 heavy (non-hydrogen) atoms. The van der Waals surface area contributed by atoms with Gasteiger partial charge in [-0.3, -0.25) is 9.00 Å². The largest absolute Gasteiger partial charge is 0.338 e. The highest BCUT2D eigenvalue weighted by Gasteiger charge is 2.60. The zero-order valence-corrected chi connectivity index (χ0v) is 21.0. The molecule has 8 atom stereocenters. The lowest BCUT2D eigenvalue weighted by Crippen LogP contribution is -2.59. The lowest BCUT2D eigenvalue weighted by atomic mass is 9.47. The predicted molar refractivity (Wildman–Crippen MR) is 131 cm³/mol. The van der Waals surface area contributed by atoms with Gasteiger partial charge in [-0.1, -0.05) is 32.1 Å². The van der Waals surface area contributed by atoms with Crippen molar-refractivity contribution in [2.75, 3.05) is 13.3 Å². The second-order valence-corrected chi connectivity index (χ2v) is 13.0. The van der Waals surface area contributed by atoms with Gasteiger partial charge in [0, 0.05) is 40.5 Å². The molecule has 174 valence electrons. The minimum absolute atomic E-state index is 0.145. The van der Waals surface area contributed by atoms with Crippen molar-refractivity contribution in [1.29, 1.82) is 0 Å². The molecule has 3 fully saturated rings. The molecule has 0 saturated heterocycles. The highest BCUT2D eigenvalue weighted by atomic mass is 32.2. The van der Waals surface area contributed by atoms with Crippen LogP contribution in [0.5, 0.6) is 0 Å². The zero-order valence-electron chi connectivity index (χ0n) is 20.2. The van der Waals surface area contributed by atoms with Crippen LogP contribution in [0.1, 0.15) is 64.4 Å². The van der Waals surface area contributed by atoms with E-state index in [1.54, 1.807) is 6.26 Å². The maximum absolute atomic E-state index is 12.3. The fraction of sp³-hybridized carbons (Fsp3) is 0.679. The van der Waals surface area contributed by atoms with Gasteiger partial charge in [0.1, 0.15) is 0 Å². The summed E-state index contributed by atoms with van der Waals surface area (Å²) in [6.07, 6.45) is 16.1. The fourth-order valence-corrected chi connectivity index (χ4v) is 9.03. The van der Waals surface area contributed by atoms with Crippen molar-refractivity contribution in [1.82, 2.24) is 4.90 Å². The van der Waals surface area contributed by atoms with Crippen molar-refractivity contribution < 1.29 is 9.00 Å². The molecule has 1 aromatic carbocycles. The number of benzene rings is 1. The molecule has 4 aliphatic rings. The summed E-state index contributed by atoms with van der Waals surface area (Å²) < 4.78 is 11.7. The van der Waals surface area contributed by atoms with E-state index in [-0.39, 0.29) is 11.3 Å². The number of carbonyl (C=O) groups excluding carboxylic acids is 1. The summed E-state index contributed by atoms with van der Waals surface area (Å²) in [5.74, 6) is 3.36. The molecule has 0 radical (unpaired) electrons. The monoisotopic (exact) mass is 453 g/mol. The first-order valence-corrected chi connectivity index (χ1v) is 14.2. The van der Waals surface area contributed by atoms with Gasteiger partial charge in [0.15, 0.2) is 0 Å². The number of likely N-dealkylation sites (N-methyl/N-ethyl adjacent to an activating group) is 1. The highest BCUT2D eigenvalue weighted by molar-refractivity contribution is 7.84. The number of hydrogen-bond acceptors (Lipinski definition) is 2. The average Bonchev–Trinajstić information content (AvgIpc) is 3.12. The van der Waals surface area contributed by atoms with E-state index in [0.29, 0.717) is 17.4 Å². The second-order valence-electron chi connectivity index (χ2n) is 11.6. The lowest BCUT2D eigenvalue weighted by Gasteiger charge is -2.60. The molecule has 1 unspecified atom stereocenters. The highest BCUT2D eigenvalue weighted by Crippen LogP contribution is 2.66. The number of aryl methyl sites for hydroxylation is 1. The molecule has 1 amide bonds. The maximum atomic E-state index is 12.3. The topological polar surface area (TPSA) is 37.4 Å². The molecule has 0 spiro atoms. The van der Waals surface area contributed by atoms with Gasteiger partial charge < -0.3 is 4.90 Å². The fourth-order valence-electron chi connectivity index (χ4n) is 8.51. The van der Waals surface area contributed by atoms with Crippen LogP contribution in [0.15, 0.2) is 41.3 Å². The first-order chi connectivity index (χ1) is 15.2. The summed E-state index contributed by atoms with van der Waals surface area (Å²) in [6, 6.07) is 8.81. The van der Waals surface area contributed by atoms with E-state index < -0.39 is 10.8 Å². The molecule has 1 heterocycles. The van der Waals surface area contributed by atoms with Gasteiger partial charge in [-0.15, -0.1) is 0 Å². The third-order valence-corrected chi connectivity index (χ3v) is 11.3. The lowest BCUT2D eigenvalue weighted by molar-refractivity contribution is -0.138. The van der Waals surface area contributed by atoms with Crippen molar-refractivity contribution in [3.05, 3.63) is 42.0 Å². The summed E-state index contributed by atoms with van der Waals surface area (Å²) >= 11 is 0. The average molecular weight is 454 g/mol. The molecule has 3 aliphatic carbocycles. The van der Waals surface area contributed by atoms with Crippen molar-refractivity contribution in [2.24, 2.45) is 34.5 Å². The summed E-state index contributed by atoms with van der Waals surface area (Å²) in [7, 11) is 1.12. The molecule has 5 rings (SSSR count). The number of nitrogens with zero attached hydrogens (tertiary/aromatic N) is 1. The third-order valence-electron chi connectivity index (χ3n) is 10.4. The Labute approximate surface area is 196 Å². The minimum atomic E-state index is -0.897. The third kappa shape index (κ3) is 3.43. The van der Waals surface area contributed by atoms with Crippen molar-refractivity contribution in [3.8, 4) is 0 Å². The Morgan fingerprint density at radius 2 is 1.78 bits per heavy atom. The molecular weight excluding hydrogens is 414 g/mol. The Morgan fingerprint density at radius 1 is 1.03 bits per heavy atom. The van der Waals surface area contributed by atoms with Crippen LogP contribution >= 0.6 is 0 Å². The Balaban J connectivity index is 1.30. The van der Waals surface area contributed by atoms with E-state index in [1.165, 1.54) is 44.1 Å². The van der Waals surface area contributed by atoms with Crippen LogP contribution in [0, 0.1) is 34.5 Å². The Kier molecular flexibility index (Phi) is 5.67. The molecule has 3 saturated carbocycles. The van der Waals surface area contributed by atoms with Gasteiger partial charge in [-0.05, 0) is 104 Å². The molecule has 0 N–H and O–H groups in total. The summed E-state index contributed by atoms with van der Waals surface area (Å²) in [5, 5.41) is 0. The van der Waals surface area contributed by atoms with E-state index in [2.05, 4.69) is 32.1 Å². The van der Waals surface area contributed by atoms with E-state index in [9.17, 15) is 9.00 Å². The summed E-state index contributed by atoms with van der Waals surface area (Å²) in [5.41, 5.74) is 1.99. The number of amides is 1. The van der Waals surface area contributed by atoms with Crippen LogP contribution < -0.4 is 0 Å². The first-order valence-electron chi connectivity index (χ1n) is 12.6. The van der Waals surface area contributed by atoms with Crippen LogP contribution in [-0.2, 0) is 22.0 Å². The predicted octanol–water partition coefficient (Wildman–Crippen LogP) is 5.61.